The van der Waals surface area contributed by atoms with Crippen molar-refractivity contribution in [3.63, 3.8) is 0 Å². The van der Waals surface area contributed by atoms with E-state index in [1.807, 2.05) is 12.1 Å². The molecule has 1 saturated carbocycles. The van der Waals surface area contributed by atoms with Crippen molar-refractivity contribution in [2.75, 3.05) is 32.7 Å². The number of carbonyl (C=O) groups excluding carboxylic acids is 1. The van der Waals surface area contributed by atoms with Crippen LogP contribution in [0.1, 0.15) is 63.5 Å². The quantitative estimate of drug-likeness (QED) is 0.809. The molecule has 3 aliphatic rings. The Morgan fingerprint density at radius 3 is 2.57 bits per heavy atom. The summed E-state index contributed by atoms with van der Waals surface area (Å²) < 4.78 is 5.45. The van der Waals surface area contributed by atoms with Crippen molar-refractivity contribution in [3.8, 4) is 0 Å². The van der Waals surface area contributed by atoms with Crippen LogP contribution in [0, 0.1) is 11.8 Å². The largest absolute Gasteiger partial charge is 0.468 e. The van der Waals surface area contributed by atoms with E-state index in [1.165, 1.54) is 51.6 Å². The van der Waals surface area contributed by atoms with E-state index in [4.69, 9.17) is 4.42 Å². The van der Waals surface area contributed by atoms with Crippen molar-refractivity contribution in [1.29, 1.82) is 0 Å². The number of hydrogen-bond acceptors (Lipinski definition) is 4. The topological polar surface area (TPSA) is 48.7 Å². The maximum absolute atomic E-state index is 12.8. The number of hydrogen-bond donors (Lipinski definition) is 1. The minimum absolute atomic E-state index is 0.182. The summed E-state index contributed by atoms with van der Waals surface area (Å²) in [6.45, 7) is 6.35. The third kappa shape index (κ3) is 5.60. The van der Waals surface area contributed by atoms with E-state index in [1.54, 1.807) is 6.26 Å². The molecule has 1 unspecified atom stereocenters. The summed E-state index contributed by atoms with van der Waals surface area (Å²) in [6, 6.07) is 4.32. The van der Waals surface area contributed by atoms with E-state index >= 15 is 0 Å². The highest BCUT2D eigenvalue weighted by Gasteiger charge is 2.29. The van der Waals surface area contributed by atoms with Crippen LogP contribution in [0.2, 0.25) is 0 Å². The van der Waals surface area contributed by atoms with Crippen molar-refractivity contribution in [2.45, 2.75) is 70.4 Å². The molecule has 1 N–H and O–H groups in total. The Balaban J connectivity index is 1.18. The first-order valence-corrected chi connectivity index (χ1v) is 11.5. The highest BCUT2D eigenvalue weighted by atomic mass is 16.3. The van der Waals surface area contributed by atoms with E-state index in [-0.39, 0.29) is 5.92 Å². The third-order valence-electron chi connectivity index (χ3n) is 7.01. The van der Waals surface area contributed by atoms with Crippen LogP contribution in [-0.4, -0.2) is 54.5 Å². The molecule has 0 aromatic carbocycles. The number of rotatable bonds is 6. The number of carbonyl (C=O) groups is 1. The standard InChI is InChI=1S/C23H37N3O2/c27-23(20-10-13-25(14-11-20)18-22-9-5-15-28-22)24-21-8-4-12-26(17-21)16-19-6-2-1-3-7-19/h5,9,15,19-21H,1-4,6-8,10-14,16-18H2,(H,24,27). The number of nitrogens with one attached hydrogen (secondary N) is 1. The van der Waals surface area contributed by atoms with E-state index in [2.05, 4.69) is 15.1 Å². The summed E-state index contributed by atoms with van der Waals surface area (Å²) in [7, 11) is 0. The van der Waals surface area contributed by atoms with Crippen LogP contribution in [0.25, 0.3) is 0 Å². The van der Waals surface area contributed by atoms with E-state index in [9.17, 15) is 4.79 Å². The van der Waals surface area contributed by atoms with Gasteiger partial charge in [0.15, 0.2) is 0 Å². The second-order valence-electron chi connectivity index (χ2n) is 9.24. The van der Waals surface area contributed by atoms with Crippen LogP contribution in [0.4, 0.5) is 0 Å². The van der Waals surface area contributed by atoms with Gasteiger partial charge in [0.05, 0.1) is 12.8 Å². The van der Waals surface area contributed by atoms with Crippen molar-refractivity contribution >= 4 is 5.91 Å². The molecule has 2 aliphatic heterocycles. The average molecular weight is 388 g/mol. The monoisotopic (exact) mass is 387 g/mol. The molecule has 28 heavy (non-hydrogen) atoms. The zero-order valence-corrected chi connectivity index (χ0v) is 17.3. The van der Waals surface area contributed by atoms with Gasteiger partial charge in [0.1, 0.15) is 5.76 Å². The Labute approximate surface area is 169 Å². The first kappa shape index (κ1) is 20.0. The molecule has 1 aromatic heterocycles. The predicted molar refractivity (Wildman–Crippen MR) is 111 cm³/mol. The van der Waals surface area contributed by atoms with Crippen LogP contribution >= 0.6 is 0 Å². The SMILES string of the molecule is O=C(NC1CCCN(CC2CCCCC2)C1)C1CCN(Cc2ccco2)CC1. The van der Waals surface area contributed by atoms with Gasteiger partial charge in [-0.1, -0.05) is 19.3 Å². The van der Waals surface area contributed by atoms with Gasteiger partial charge in [0.2, 0.25) is 5.91 Å². The fourth-order valence-corrected chi connectivity index (χ4v) is 5.37. The molecule has 1 aliphatic carbocycles. The molecule has 0 spiro atoms. The number of furan rings is 1. The maximum Gasteiger partial charge on any atom is 0.223 e. The summed E-state index contributed by atoms with van der Waals surface area (Å²) in [5.74, 6) is 2.38. The van der Waals surface area contributed by atoms with Gasteiger partial charge in [-0.25, -0.2) is 0 Å². The third-order valence-corrected chi connectivity index (χ3v) is 7.01. The summed E-state index contributed by atoms with van der Waals surface area (Å²) in [6.07, 6.45) is 13.1. The Morgan fingerprint density at radius 1 is 1.00 bits per heavy atom. The lowest BCUT2D eigenvalue weighted by Gasteiger charge is -2.37. The van der Waals surface area contributed by atoms with Crippen LogP contribution in [0.3, 0.4) is 0 Å². The van der Waals surface area contributed by atoms with Crippen LogP contribution in [-0.2, 0) is 11.3 Å². The molecule has 2 saturated heterocycles. The average Bonchev–Trinajstić information content (AvgIpc) is 3.23. The smallest absolute Gasteiger partial charge is 0.223 e. The van der Waals surface area contributed by atoms with Gasteiger partial charge < -0.3 is 14.6 Å². The van der Waals surface area contributed by atoms with Gasteiger partial charge in [0.25, 0.3) is 0 Å². The Hall–Kier alpha value is -1.33. The summed E-state index contributed by atoms with van der Waals surface area (Å²) in [5.41, 5.74) is 0. The zero-order valence-electron chi connectivity index (χ0n) is 17.3. The molecule has 3 fully saturated rings. The molecule has 4 rings (SSSR count). The van der Waals surface area contributed by atoms with E-state index in [0.717, 1.165) is 57.1 Å². The summed E-state index contributed by atoms with van der Waals surface area (Å²) in [5, 5.41) is 3.40. The Morgan fingerprint density at radius 2 is 1.82 bits per heavy atom. The molecule has 5 nitrogen and oxygen atoms in total. The lowest BCUT2D eigenvalue weighted by atomic mass is 9.88. The van der Waals surface area contributed by atoms with Gasteiger partial charge in [-0.15, -0.1) is 0 Å². The second-order valence-corrected chi connectivity index (χ2v) is 9.24. The maximum atomic E-state index is 12.8. The molecular weight excluding hydrogens is 350 g/mol. The number of amides is 1. The predicted octanol–water partition coefficient (Wildman–Crippen LogP) is 3.65. The highest BCUT2D eigenvalue weighted by Crippen LogP contribution is 2.26. The van der Waals surface area contributed by atoms with Gasteiger partial charge >= 0.3 is 0 Å². The lowest BCUT2D eigenvalue weighted by Crippen LogP contribution is -2.51. The minimum Gasteiger partial charge on any atom is -0.468 e. The van der Waals surface area contributed by atoms with Crippen molar-refractivity contribution in [1.82, 2.24) is 15.1 Å². The second kappa shape index (κ2) is 9.93. The van der Waals surface area contributed by atoms with E-state index < -0.39 is 0 Å². The molecule has 0 radical (unpaired) electrons. The lowest BCUT2D eigenvalue weighted by molar-refractivity contribution is -0.127. The fraction of sp³-hybridized carbons (Fsp3) is 0.783. The minimum atomic E-state index is 0.182. The number of nitrogens with zero attached hydrogens (tertiary/aromatic N) is 2. The first-order chi connectivity index (χ1) is 13.8. The first-order valence-electron chi connectivity index (χ1n) is 11.5. The highest BCUT2D eigenvalue weighted by molar-refractivity contribution is 5.79. The molecule has 1 aromatic rings. The molecular formula is C23H37N3O2. The van der Waals surface area contributed by atoms with Crippen molar-refractivity contribution in [3.05, 3.63) is 24.2 Å². The molecule has 5 heteroatoms. The Kier molecular flexibility index (Phi) is 7.08. The van der Waals surface area contributed by atoms with Gasteiger partial charge in [-0.3, -0.25) is 9.69 Å². The zero-order chi connectivity index (χ0) is 19.2. The van der Waals surface area contributed by atoms with Crippen molar-refractivity contribution in [2.24, 2.45) is 11.8 Å². The normalized spacial score (nSPS) is 26.4. The van der Waals surface area contributed by atoms with Gasteiger partial charge in [-0.05, 0) is 76.2 Å². The molecule has 1 atom stereocenters. The van der Waals surface area contributed by atoms with Crippen molar-refractivity contribution < 1.29 is 9.21 Å². The van der Waals surface area contributed by atoms with Crippen LogP contribution in [0.5, 0.6) is 0 Å². The number of piperidine rings is 2. The van der Waals surface area contributed by atoms with Gasteiger partial charge in [0, 0.05) is 25.0 Å². The van der Waals surface area contributed by atoms with Crippen LogP contribution in [0.15, 0.2) is 22.8 Å². The van der Waals surface area contributed by atoms with E-state index in [0.29, 0.717) is 11.9 Å². The fourth-order valence-electron chi connectivity index (χ4n) is 5.37. The molecule has 0 bridgehead atoms. The number of likely N-dealkylation sites (tertiary alicyclic amines) is 2. The molecule has 1 amide bonds. The van der Waals surface area contributed by atoms with Crippen LogP contribution < -0.4 is 5.32 Å². The van der Waals surface area contributed by atoms with Gasteiger partial charge in [-0.2, -0.15) is 0 Å². The Bertz CT molecular complexity index is 589. The molecule has 156 valence electrons. The summed E-state index contributed by atoms with van der Waals surface area (Å²) >= 11 is 0. The molecule has 3 heterocycles. The summed E-state index contributed by atoms with van der Waals surface area (Å²) in [4.78, 5) is 17.8.